The van der Waals surface area contributed by atoms with Crippen molar-refractivity contribution in [2.45, 2.75) is 26.3 Å². The molecule has 5 heteroatoms. The highest BCUT2D eigenvalue weighted by Crippen LogP contribution is 2.22. The third-order valence-corrected chi connectivity index (χ3v) is 2.34. The minimum absolute atomic E-state index is 0. The zero-order valence-electron chi connectivity index (χ0n) is 10.6. The van der Waals surface area contributed by atoms with Crippen molar-refractivity contribution in [2.75, 3.05) is 5.32 Å². The van der Waals surface area contributed by atoms with Gasteiger partial charge in [0.15, 0.2) is 0 Å². The Balaban J connectivity index is 0.00000289. The maximum atomic E-state index is 6.05. The van der Waals surface area contributed by atoms with E-state index in [1.54, 1.807) is 6.07 Å². The molecule has 0 fully saturated rings. The van der Waals surface area contributed by atoms with Gasteiger partial charge in [0.1, 0.15) is 5.84 Å². The first-order valence-corrected chi connectivity index (χ1v) is 6.01. The first-order valence-electron chi connectivity index (χ1n) is 5.26. The van der Waals surface area contributed by atoms with E-state index in [4.69, 9.17) is 23.2 Å². The molecule has 0 aliphatic heterocycles. The fourth-order valence-electron chi connectivity index (χ4n) is 1.18. The molecule has 0 aliphatic rings. The van der Waals surface area contributed by atoms with Gasteiger partial charge in [-0.1, -0.05) is 41.9 Å². The van der Waals surface area contributed by atoms with E-state index in [1.807, 2.05) is 39.0 Å². The van der Waals surface area contributed by atoms with Crippen LogP contribution in [-0.2, 0) is 0 Å². The Hall–Kier alpha value is -0.700. The van der Waals surface area contributed by atoms with Gasteiger partial charge in [0.05, 0.1) is 21.3 Å². The molecule has 0 saturated heterocycles. The number of anilines is 1. The third kappa shape index (κ3) is 5.76. The summed E-state index contributed by atoms with van der Waals surface area (Å²) in [7, 11) is 0. The van der Waals surface area contributed by atoms with E-state index in [0.717, 1.165) is 5.69 Å². The predicted molar refractivity (Wildman–Crippen MR) is 84.5 cm³/mol. The van der Waals surface area contributed by atoms with E-state index in [-0.39, 0.29) is 17.9 Å². The summed E-state index contributed by atoms with van der Waals surface area (Å²) in [6.07, 6.45) is 0. The molecule has 0 atom stereocenters. The Bertz CT molecular complexity index is 448. The lowest BCUT2D eigenvalue weighted by Crippen LogP contribution is -2.20. The van der Waals surface area contributed by atoms with Crippen molar-refractivity contribution < 1.29 is 0 Å². The zero-order chi connectivity index (χ0) is 13.1. The van der Waals surface area contributed by atoms with Gasteiger partial charge in [-0.05, 0) is 32.9 Å². The van der Waals surface area contributed by atoms with Crippen LogP contribution in [-0.4, -0.2) is 11.4 Å². The maximum Gasteiger partial charge on any atom is 0.144 e. The average Bonchev–Trinajstić information content (AvgIpc) is 2.18. The molecule has 0 amide bonds. The number of hydrogen-bond donors (Lipinski definition) is 1. The maximum absolute atomic E-state index is 6.05. The number of halogens is 3. The van der Waals surface area contributed by atoms with Crippen molar-refractivity contribution in [1.29, 1.82) is 0 Å². The number of amidine groups is 1. The summed E-state index contributed by atoms with van der Waals surface area (Å²) in [6, 6.07) is 7.42. The van der Waals surface area contributed by atoms with Crippen molar-refractivity contribution in [1.82, 2.24) is 0 Å². The molecule has 18 heavy (non-hydrogen) atoms. The number of nitrogens with zero attached hydrogens (tertiary/aromatic N) is 1. The minimum Gasteiger partial charge on any atom is -0.338 e. The topological polar surface area (TPSA) is 24.4 Å². The number of benzene rings is 1. The van der Waals surface area contributed by atoms with Crippen molar-refractivity contribution in [3.8, 4) is 0 Å². The normalized spacial score (nSPS) is 11.7. The van der Waals surface area contributed by atoms with Crippen LogP contribution in [0, 0.1) is 0 Å². The summed E-state index contributed by atoms with van der Waals surface area (Å²) in [4.78, 5) is 4.46. The molecule has 0 heterocycles. The van der Waals surface area contributed by atoms with Gasteiger partial charge < -0.3 is 5.32 Å². The highest BCUT2D eigenvalue weighted by molar-refractivity contribution is 6.45. The van der Waals surface area contributed by atoms with Gasteiger partial charge in [-0.2, -0.15) is 0 Å². The van der Waals surface area contributed by atoms with Crippen LogP contribution < -0.4 is 5.32 Å². The Labute approximate surface area is 125 Å². The lowest BCUT2D eigenvalue weighted by molar-refractivity contribution is 0.584. The quantitative estimate of drug-likeness (QED) is 0.595. The van der Waals surface area contributed by atoms with E-state index in [9.17, 15) is 0 Å². The molecule has 0 bridgehead atoms. The molecule has 100 valence electrons. The summed E-state index contributed by atoms with van der Waals surface area (Å²) in [5.41, 5.74) is 0.528. The minimum atomic E-state index is -0.235. The molecule has 1 aromatic rings. The van der Waals surface area contributed by atoms with Crippen molar-refractivity contribution in [2.24, 2.45) is 4.99 Å². The smallest absolute Gasteiger partial charge is 0.144 e. The highest BCUT2D eigenvalue weighted by atomic mass is 35.5. The van der Waals surface area contributed by atoms with Crippen LogP contribution in [0.3, 0.4) is 0 Å². The lowest BCUT2D eigenvalue weighted by atomic mass is 10.1. The Morgan fingerprint density at radius 2 is 1.83 bits per heavy atom. The SMILES string of the molecule is C=C(Cl)C(=NC(C)(C)C)Nc1ccccc1Cl.Cl. The Morgan fingerprint density at radius 3 is 2.28 bits per heavy atom. The largest absolute Gasteiger partial charge is 0.338 e. The highest BCUT2D eigenvalue weighted by Gasteiger charge is 2.12. The molecule has 2 nitrogen and oxygen atoms in total. The predicted octanol–water partition coefficient (Wildman–Crippen LogP) is 5.12. The molecule has 1 rings (SSSR count). The van der Waals surface area contributed by atoms with Crippen LogP contribution >= 0.6 is 35.6 Å². The molecule has 0 saturated carbocycles. The van der Waals surface area contributed by atoms with E-state index in [0.29, 0.717) is 15.9 Å². The second-order valence-corrected chi connectivity index (χ2v) is 5.50. The zero-order valence-corrected chi connectivity index (χ0v) is 13.0. The van der Waals surface area contributed by atoms with E-state index in [2.05, 4.69) is 16.9 Å². The van der Waals surface area contributed by atoms with Gasteiger partial charge in [0.25, 0.3) is 0 Å². The average molecular weight is 308 g/mol. The van der Waals surface area contributed by atoms with Crippen LogP contribution in [0.1, 0.15) is 20.8 Å². The third-order valence-electron chi connectivity index (χ3n) is 1.83. The van der Waals surface area contributed by atoms with Crippen LogP contribution in [0.4, 0.5) is 5.69 Å². The second kappa shape index (κ2) is 7.03. The lowest BCUT2D eigenvalue weighted by Gasteiger charge is -2.17. The molecular weight excluding hydrogens is 291 g/mol. The first-order chi connectivity index (χ1) is 7.79. The van der Waals surface area contributed by atoms with Crippen molar-refractivity contribution >= 4 is 47.1 Å². The van der Waals surface area contributed by atoms with E-state index < -0.39 is 0 Å². The molecule has 0 radical (unpaired) electrons. The van der Waals surface area contributed by atoms with Gasteiger partial charge in [-0.15, -0.1) is 12.4 Å². The molecule has 0 aromatic heterocycles. The van der Waals surface area contributed by atoms with Gasteiger partial charge in [-0.3, -0.25) is 4.99 Å². The second-order valence-electron chi connectivity index (χ2n) is 4.64. The van der Waals surface area contributed by atoms with Crippen LogP contribution in [0.2, 0.25) is 5.02 Å². The molecule has 0 aliphatic carbocycles. The van der Waals surface area contributed by atoms with E-state index in [1.165, 1.54) is 0 Å². The Morgan fingerprint density at radius 1 is 1.28 bits per heavy atom. The summed E-state index contributed by atoms with van der Waals surface area (Å²) >= 11 is 12.0. The summed E-state index contributed by atoms with van der Waals surface area (Å²) < 4.78 is 0. The number of nitrogens with one attached hydrogen (secondary N) is 1. The Kier molecular flexibility index (Phi) is 6.76. The van der Waals surface area contributed by atoms with Gasteiger partial charge in [0, 0.05) is 0 Å². The van der Waals surface area contributed by atoms with Crippen LogP contribution in [0.5, 0.6) is 0 Å². The summed E-state index contributed by atoms with van der Waals surface area (Å²) in [6.45, 7) is 9.66. The van der Waals surface area contributed by atoms with Gasteiger partial charge >= 0.3 is 0 Å². The monoisotopic (exact) mass is 306 g/mol. The number of aliphatic imine (C=N–C) groups is 1. The van der Waals surface area contributed by atoms with Gasteiger partial charge in [0.2, 0.25) is 0 Å². The first kappa shape index (κ1) is 17.3. The van der Waals surface area contributed by atoms with Crippen molar-refractivity contribution in [3.63, 3.8) is 0 Å². The summed E-state index contributed by atoms with van der Waals surface area (Å²) in [5.74, 6) is 0.535. The summed E-state index contributed by atoms with van der Waals surface area (Å²) in [5, 5.41) is 4.07. The standard InChI is InChI=1S/C13H16Cl2N2.ClH/c1-9(14)12(17-13(2,3)4)16-11-8-6-5-7-10(11)15;/h5-8H,1H2,2-4H3,(H,16,17);1H. The van der Waals surface area contributed by atoms with Gasteiger partial charge in [-0.25, -0.2) is 0 Å². The molecule has 1 N–H and O–H groups in total. The molecule has 0 unspecified atom stereocenters. The number of para-hydroxylation sites is 1. The molecule has 1 aromatic carbocycles. The number of hydrogen-bond acceptors (Lipinski definition) is 1. The molecule has 0 spiro atoms. The van der Waals surface area contributed by atoms with Crippen LogP contribution in [0.25, 0.3) is 0 Å². The van der Waals surface area contributed by atoms with E-state index >= 15 is 0 Å². The number of rotatable bonds is 2. The van der Waals surface area contributed by atoms with Crippen molar-refractivity contribution in [3.05, 3.63) is 40.9 Å². The fraction of sp³-hybridized carbons (Fsp3) is 0.308. The van der Waals surface area contributed by atoms with Crippen LogP contribution in [0.15, 0.2) is 40.9 Å². The fourth-order valence-corrected chi connectivity index (χ4v) is 1.45. The molecular formula is C13H17Cl3N2.